The zero-order chi connectivity index (χ0) is 20.7. The van der Waals surface area contributed by atoms with Crippen LogP contribution in [-0.4, -0.2) is 42.4 Å². The van der Waals surface area contributed by atoms with Crippen molar-refractivity contribution in [1.82, 2.24) is 15.5 Å². The van der Waals surface area contributed by atoms with E-state index in [2.05, 4.69) is 10.6 Å². The standard InChI is InChI=1S/C22H25N3O4/c1-2-13-22(17-9-5-3-6-10-17)20(27)25(21(28)24-22)16-19(26)23-14-15-29-18-11-7-4-8-12-18/h3-12H,2,13-16H2,1H3,(H,23,26)(H,24,28)/t22-/m1/s1. The predicted molar refractivity (Wildman–Crippen MR) is 108 cm³/mol. The fourth-order valence-electron chi connectivity index (χ4n) is 3.45. The predicted octanol–water partition coefficient (Wildman–Crippen LogP) is 2.43. The van der Waals surface area contributed by atoms with E-state index in [1.807, 2.05) is 67.6 Å². The van der Waals surface area contributed by atoms with Crippen LogP contribution in [0.25, 0.3) is 0 Å². The highest BCUT2D eigenvalue weighted by Gasteiger charge is 2.52. The van der Waals surface area contributed by atoms with E-state index in [4.69, 9.17) is 4.74 Å². The summed E-state index contributed by atoms with van der Waals surface area (Å²) < 4.78 is 5.52. The monoisotopic (exact) mass is 395 g/mol. The third-order valence-corrected chi connectivity index (χ3v) is 4.81. The van der Waals surface area contributed by atoms with Crippen molar-refractivity contribution in [1.29, 1.82) is 0 Å². The molecule has 2 aromatic carbocycles. The zero-order valence-electron chi connectivity index (χ0n) is 16.4. The van der Waals surface area contributed by atoms with Gasteiger partial charge in [-0.25, -0.2) is 4.79 Å². The van der Waals surface area contributed by atoms with E-state index in [0.29, 0.717) is 25.2 Å². The Balaban J connectivity index is 1.58. The zero-order valence-corrected chi connectivity index (χ0v) is 16.4. The molecular formula is C22H25N3O4. The Morgan fingerprint density at radius 2 is 1.72 bits per heavy atom. The Morgan fingerprint density at radius 3 is 2.38 bits per heavy atom. The third kappa shape index (κ3) is 4.56. The van der Waals surface area contributed by atoms with Gasteiger partial charge in [0.05, 0.1) is 6.54 Å². The smallest absolute Gasteiger partial charge is 0.325 e. The van der Waals surface area contributed by atoms with Gasteiger partial charge in [0.15, 0.2) is 0 Å². The number of hydrogen-bond acceptors (Lipinski definition) is 4. The quantitative estimate of drug-likeness (QED) is 0.504. The molecule has 4 amide bonds. The van der Waals surface area contributed by atoms with Crippen molar-refractivity contribution in [3.8, 4) is 5.75 Å². The lowest BCUT2D eigenvalue weighted by molar-refractivity contribution is -0.135. The molecule has 1 heterocycles. The van der Waals surface area contributed by atoms with Gasteiger partial charge < -0.3 is 15.4 Å². The number of amides is 4. The first kappa shape index (κ1) is 20.4. The molecule has 7 nitrogen and oxygen atoms in total. The van der Waals surface area contributed by atoms with Crippen molar-refractivity contribution < 1.29 is 19.1 Å². The highest BCUT2D eigenvalue weighted by molar-refractivity contribution is 6.09. The summed E-state index contributed by atoms with van der Waals surface area (Å²) in [6.45, 7) is 2.19. The van der Waals surface area contributed by atoms with Gasteiger partial charge >= 0.3 is 6.03 Å². The molecule has 0 saturated carbocycles. The summed E-state index contributed by atoms with van der Waals surface area (Å²) in [6.07, 6.45) is 1.17. The molecule has 0 radical (unpaired) electrons. The maximum absolute atomic E-state index is 13.1. The van der Waals surface area contributed by atoms with Crippen LogP contribution in [0.5, 0.6) is 5.75 Å². The van der Waals surface area contributed by atoms with Gasteiger partial charge in [0, 0.05) is 0 Å². The molecule has 2 N–H and O–H groups in total. The molecule has 7 heteroatoms. The second kappa shape index (κ2) is 9.23. The number of ether oxygens (including phenoxy) is 1. The van der Waals surface area contributed by atoms with Gasteiger partial charge in [-0.1, -0.05) is 61.9 Å². The van der Waals surface area contributed by atoms with E-state index in [1.54, 1.807) is 0 Å². The van der Waals surface area contributed by atoms with Crippen LogP contribution in [0.1, 0.15) is 25.3 Å². The molecule has 1 aliphatic heterocycles. The average molecular weight is 395 g/mol. The molecule has 1 atom stereocenters. The minimum atomic E-state index is -1.12. The normalized spacial score (nSPS) is 18.4. The minimum Gasteiger partial charge on any atom is -0.492 e. The first-order chi connectivity index (χ1) is 14.1. The van der Waals surface area contributed by atoms with E-state index in [0.717, 1.165) is 10.5 Å². The van der Waals surface area contributed by atoms with Gasteiger partial charge in [-0.2, -0.15) is 0 Å². The number of benzene rings is 2. The van der Waals surface area contributed by atoms with Gasteiger partial charge in [0.25, 0.3) is 5.91 Å². The first-order valence-electron chi connectivity index (χ1n) is 9.71. The Bertz CT molecular complexity index is 857. The number of urea groups is 1. The molecule has 1 saturated heterocycles. The number of carbonyl (C=O) groups is 3. The lowest BCUT2D eigenvalue weighted by Crippen LogP contribution is -2.45. The van der Waals surface area contributed by atoms with E-state index >= 15 is 0 Å². The average Bonchev–Trinajstić information content (AvgIpc) is 2.98. The van der Waals surface area contributed by atoms with Gasteiger partial charge in [0.1, 0.15) is 24.4 Å². The number of rotatable bonds is 9. The van der Waals surface area contributed by atoms with Crippen molar-refractivity contribution in [2.24, 2.45) is 0 Å². The van der Waals surface area contributed by atoms with Crippen LogP contribution in [0.4, 0.5) is 4.79 Å². The Kier molecular flexibility index (Phi) is 6.49. The van der Waals surface area contributed by atoms with Crippen molar-refractivity contribution >= 4 is 17.8 Å². The summed E-state index contributed by atoms with van der Waals surface area (Å²) in [4.78, 5) is 38.9. The molecular weight excluding hydrogens is 370 g/mol. The second-order valence-corrected chi connectivity index (χ2v) is 6.85. The van der Waals surface area contributed by atoms with E-state index < -0.39 is 23.4 Å². The SMILES string of the molecule is CCC[C@]1(c2ccccc2)NC(=O)N(CC(=O)NCCOc2ccccc2)C1=O. The summed E-state index contributed by atoms with van der Waals surface area (Å²) >= 11 is 0. The molecule has 0 aliphatic carbocycles. The van der Waals surface area contributed by atoms with Gasteiger partial charge in [0.2, 0.25) is 5.91 Å². The number of carbonyl (C=O) groups excluding carboxylic acids is 3. The highest BCUT2D eigenvalue weighted by atomic mass is 16.5. The van der Waals surface area contributed by atoms with E-state index in [9.17, 15) is 14.4 Å². The van der Waals surface area contributed by atoms with Crippen LogP contribution >= 0.6 is 0 Å². The van der Waals surface area contributed by atoms with E-state index in [1.165, 1.54) is 0 Å². The molecule has 2 aromatic rings. The van der Waals surface area contributed by atoms with Crippen molar-refractivity contribution in [2.45, 2.75) is 25.3 Å². The lowest BCUT2D eigenvalue weighted by Gasteiger charge is -2.26. The van der Waals surface area contributed by atoms with Crippen molar-refractivity contribution in [3.63, 3.8) is 0 Å². The molecule has 3 rings (SSSR count). The summed E-state index contributed by atoms with van der Waals surface area (Å²) in [5.41, 5.74) is -0.400. The molecule has 0 unspecified atom stereocenters. The number of nitrogens with one attached hydrogen (secondary N) is 2. The van der Waals surface area contributed by atoms with Crippen LogP contribution < -0.4 is 15.4 Å². The summed E-state index contributed by atoms with van der Waals surface area (Å²) in [6, 6.07) is 17.9. The Morgan fingerprint density at radius 1 is 1.07 bits per heavy atom. The van der Waals surface area contributed by atoms with E-state index in [-0.39, 0.29) is 13.1 Å². The van der Waals surface area contributed by atoms with Crippen LogP contribution in [0.15, 0.2) is 60.7 Å². The maximum Gasteiger partial charge on any atom is 0.325 e. The number of imide groups is 1. The molecule has 0 aromatic heterocycles. The van der Waals surface area contributed by atoms with Crippen LogP contribution in [-0.2, 0) is 15.1 Å². The lowest BCUT2D eigenvalue weighted by atomic mass is 9.85. The minimum absolute atomic E-state index is 0.274. The van der Waals surface area contributed by atoms with Gasteiger partial charge in [-0.05, 0) is 24.1 Å². The maximum atomic E-state index is 13.1. The first-order valence-corrected chi connectivity index (χ1v) is 9.71. The molecule has 29 heavy (non-hydrogen) atoms. The van der Waals surface area contributed by atoms with Crippen molar-refractivity contribution in [3.05, 3.63) is 66.2 Å². The third-order valence-electron chi connectivity index (χ3n) is 4.81. The summed E-state index contributed by atoms with van der Waals surface area (Å²) in [5.74, 6) is -0.0974. The Labute approximate surface area is 170 Å². The topological polar surface area (TPSA) is 87.7 Å². The highest BCUT2D eigenvalue weighted by Crippen LogP contribution is 2.33. The molecule has 0 spiro atoms. The second-order valence-electron chi connectivity index (χ2n) is 6.85. The number of hydrogen-bond donors (Lipinski definition) is 2. The fourth-order valence-corrected chi connectivity index (χ4v) is 3.45. The summed E-state index contributed by atoms with van der Waals surface area (Å²) in [7, 11) is 0. The van der Waals surface area contributed by atoms with Crippen molar-refractivity contribution in [2.75, 3.05) is 19.7 Å². The number of para-hydroxylation sites is 1. The van der Waals surface area contributed by atoms with Crippen LogP contribution in [0.2, 0.25) is 0 Å². The summed E-state index contributed by atoms with van der Waals surface area (Å²) in [5, 5.41) is 5.49. The molecule has 0 bridgehead atoms. The van der Waals surface area contributed by atoms with Crippen LogP contribution in [0.3, 0.4) is 0 Å². The largest absolute Gasteiger partial charge is 0.492 e. The van der Waals surface area contributed by atoms with Gasteiger partial charge in [-0.15, -0.1) is 0 Å². The fraction of sp³-hybridized carbons (Fsp3) is 0.318. The molecule has 1 aliphatic rings. The number of nitrogens with zero attached hydrogens (tertiary/aromatic N) is 1. The molecule has 1 fully saturated rings. The Hall–Kier alpha value is -3.35. The van der Waals surface area contributed by atoms with Crippen LogP contribution in [0, 0.1) is 0 Å². The van der Waals surface area contributed by atoms with Gasteiger partial charge in [-0.3, -0.25) is 14.5 Å². The molecule has 152 valence electrons.